The zero-order valence-corrected chi connectivity index (χ0v) is 14.3. The second-order valence-corrected chi connectivity index (χ2v) is 9.68. The zero-order chi connectivity index (χ0) is 14.8. The van der Waals surface area contributed by atoms with E-state index < -0.39 is 0 Å². The maximum atomic E-state index is 10.5. The van der Waals surface area contributed by atoms with Crippen LogP contribution in [0.5, 0.6) is 0 Å². The van der Waals surface area contributed by atoms with Crippen molar-refractivity contribution in [2.75, 3.05) is 0 Å². The largest absolute Gasteiger partial charge is 0.393 e. The van der Waals surface area contributed by atoms with Gasteiger partial charge in [-0.2, -0.15) is 0 Å². The quantitative estimate of drug-likeness (QED) is 0.663. The number of aliphatic hydroxyl groups excluding tert-OH is 1. The molecule has 0 aliphatic heterocycles. The van der Waals surface area contributed by atoms with Crippen molar-refractivity contribution < 1.29 is 5.11 Å². The van der Waals surface area contributed by atoms with Gasteiger partial charge >= 0.3 is 0 Å². The summed E-state index contributed by atoms with van der Waals surface area (Å²) in [4.78, 5) is 0. The fourth-order valence-electron chi connectivity index (χ4n) is 7.64. The van der Waals surface area contributed by atoms with Crippen molar-refractivity contribution in [3.05, 3.63) is 0 Å². The van der Waals surface area contributed by atoms with Crippen molar-refractivity contribution in [1.82, 2.24) is 0 Å². The van der Waals surface area contributed by atoms with Crippen molar-refractivity contribution in [2.45, 2.75) is 84.7 Å². The van der Waals surface area contributed by atoms with Gasteiger partial charge in [0.05, 0.1) is 6.10 Å². The highest BCUT2D eigenvalue weighted by atomic mass is 16.3. The molecule has 0 unspecified atom stereocenters. The molecule has 1 N–H and O–H groups in total. The first kappa shape index (κ1) is 14.5. The maximum absolute atomic E-state index is 10.5. The Morgan fingerprint density at radius 1 is 0.810 bits per heavy atom. The van der Waals surface area contributed by atoms with E-state index in [1.165, 1.54) is 51.4 Å². The van der Waals surface area contributed by atoms with Crippen LogP contribution in [0.15, 0.2) is 0 Å². The Balaban J connectivity index is 1.64. The van der Waals surface area contributed by atoms with Crippen LogP contribution in [0.2, 0.25) is 0 Å². The normalized spacial score (nSPS) is 60.0. The second-order valence-electron chi connectivity index (χ2n) is 9.68. The Morgan fingerprint density at radius 3 is 2.33 bits per heavy atom. The van der Waals surface area contributed by atoms with Crippen LogP contribution in [0.1, 0.15) is 78.6 Å². The lowest BCUT2D eigenvalue weighted by Gasteiger charge is -2.61. The van der Waals surface area contributed by atoms with Crippen LogP contribution in [0, 0.1) is 40.4 Å². The molecule has 0 aromatic carbocycles. The lowest BCUT2D eigenvalue weighted by Crippen LogP contribution is -2.54. The first-order chi connectivity index (χ1) is 9.95. The number of fused-ring (bicyclic) bond motifs is 5. The summed E-state index contributed by atoms with van der Waals surface area (Å²) >= 11 is 0. The molecule has 0 saturated heterocycles. The van der Waals surface area contributed by atoms with E-state index in [-0.39, 0.29) is 11.5 Å². The third-order valence-electron chi connectivity index (χ3n) is 8.81. The van der Waals surface area contributed by atoms with Crippen LogP contribution in [-0.2, 0) is 0 Å². The van der Waals surface area contributed by atoms with Crippen molar-refractivity contribution in [3.8, 4) is 0 Å². The summed E-state index contributed by atoms with van der Waals surface area (Å²) in [6.07, 6.45) is 12.4. The summed E-state index contributed by atoms with van der Waals surface area (Å²) in [5.74, 6) is 4.65. The highest BCUT2D eigenvalue weighted by molar-refractivity contribution is 5.09. The van der Waals surface area contributed by atoms with Gasteiger partial charge in [0, 0.05) is 0 Å². The molecule has 4 aliphatic carbocycles. The molecule has 21 heavy (non-hydrogen) atoms. The number of rotatable bonds is 0. The first-order valence-electron chi connectivity index (χ1n) is 9.63. The maximum Gasteiger partial charge on any atom is 0.0596 e. The molecule has 4 aliphatic rings. The van der Waals surface area contributed by atoms with Crippen molar-refractivity contribution in [2.24, 2.45) is 40.4 Å². The number of hydrogen-bond acceptors (Lipinski definition) is 1. The molecule has 0 heterocycles. The molecule has 4 rings (SSSR count). The van der Waals surface area contributed by atoms with Gasteiger partial charge in [-0.1, -0.05) is 27.2 Å². The molecule has 4 fully saturated rings. The molecule has 1 nitrogen and oxygen atoms in total. The Hall–Kier alpha value is -0.0400. The second kappa shape index (κ2) is 4.73. The summed E-state index contributed by atoms with van der Waals surface area (Å²) in [7, 11) is 0. The molecule has 8 atom stereocenters. The topological polar surface area (TPSA) is 20.2 Å². The third-order valence-corrected chi connectivity index (χ3v) is 8.81. The van der Waals surface area contributed by atoms with Gasteiger partial charge in [0.2, 0.25) is 0 Å². The Labute approximate surface area is 130 Å². The monoisotopic (exact) mass is 290 g/mol. The van der Waals surface area contributed by atoms with E-state index in [1.54, 1.807) is 0 Å². The molecule has 4 saturated carbocycles. The summed E-state index contributed by atoms with van der Waals surface area (Å²) in [6, 6.07) is 0. The SMILES string of the molecule is C[C@H]1CC[C@H]2CC[C@@H]3[C@H](CC[C@]4(C)[C@@H](O)CC[C@@H]34)[C@@]2(C)C1. The zero-order valence-electron chi connectivity index (χ0n) is 14.3. The molecule has 0 amide bonds. The molecule has 120 valence electrons. The average molecular weight is 290 g/mol. The molecule has 0 spiro atoms. The molecule has 0 radical (unpaired) electrons. The summed E-state index contributed by atoms with van der Waals surface area (Å²) < 4.78 is 0. The lowest BCUT2D eigenvalue weighted by atomic mass is 9.44. The minimum Gasteiger partial charge on any atom is -0.393 e. The molecule has 0 bridgehead atoms. The predicted molar refractivity (Wildman–Crippen MR) is 86.9 cm³/mol. The van der Waals surface area contributed by atoms with Crippen LogP contribution in [0.3, 0.4) is 0 Å². The molecule has 1 heteroatoms. The van der Waals surface area contributed by atoms with Gasteiger partial charge in [-0.15, -0.1) is 0 Å². The van der Waals surface area contributed by atoms with Gasteiger partial charge in [-0.25, -0.2) is 0 Å². The Kier molecular flexibility index (Phi) is 3.27. The van der Waals surface area contributed by atoms with E-state index in [2.05, 4.69) is 20.8 Å². The third kappa shape index (κ3) is 1.92. The standard InChI is InChI=1S/C20H34O/c1-13-4-5-14-6-7-15-16-8-9-18(21)19(16,2)11-10-17(15)20(14,3)12-13/h13-18,21H,4-12H2,1-3H3/t13-,14-,15-,16-,17-,18-,19-,20-/m0/s1. The summed E-state index contributed by atoms with van der Waals surface area (Å²) in [5.41, 5.74) is 0.875. The molecular weight excluding hydrogens is 256 g/mol. The van der Waals surface area contributed by atoms with Gasteiger partial charge in [0.15, 0.2) is 0 Å². The van der Waals surface area contributed by atoms with Gasteiger partial charge in [0.25, 0.3) is 0 Å². The van der Waals surface area contributed by atoms with E-state index in [1.807, 2.05) is 0 Å². The predicted octanol–water partition coefficient (Wildman–Crippen LogP) is 5.03. The van der Waals surface area contributed by atoms with E-state index in [0.29, 0.717) is 5.41 Å². The van der Waals surface area contributed by atoms with Crippen molar-refractivity contribution in [1.29, 1.82) is 0 Å². The highest BCUT2D eigenvalue weighted by Gasteiger charge is 2.59. The number of aliphatic hydroxyl groups is 1. The van der Waals surface area contributed by atoms with E-state index >= 15 is 0 Å². The summed E-state index contributed by atoms with van der Waals surface area (Å²) in [6.45, 7) is 7.54. The van der Waals surface area contributed by atoms with Gasteiger partial charge in [-0.05, 0) is 91.8 Å². The van der Waals surface area contributed by atoms with E-state index in [0.717, 1.165) is 36.0 Å². The highest BCUT2D eigenvalue weighted by Crippen LogP contribution is 2.66. The van der Waals surface area contributed by atoms with Gasteiger partial charge in [0.1, 0.15) is 0 Å². The van der Waals surface area contributed by atoms with Crippen LogP contribution < -0.4 is 0 Å². The fraction of sp³-hybridized carbons (Fsp3) is 1.00. The molecule has 0 aromatic rings. The van der Waals surface area contributed by atoms with Crippen LogP contribution in [0.25, 0.3) is 0 Å². The minimum atomic E-state index is -0.0146. The van der Waals surface area contributed by atoms with Gasteiger partial charge in [-0.3, -0.25) is 0 Å². The first-order valence-corrected chi connectivity index (χ1v) is 9.63. The van der Waals surface area contributed by atoms with E-state index in [9.17, 15) is 5.11 Å². The Bertz CT molecular complexity index is 418. The average Bonchev–Trinajstić information content (AvgIpc) is 2.74. The van der Waals surface area contributed by atoms with Crippen molar-refractivity contribution >= 4 is 0 Å². The molecule has 0 aromatic heterocycles. The minimum absolute atomic E-state index is 0.0146. The fourth-order valence-corrected chi connectivity index (χ4v) is 7.64. The van der Waals surface area contributed by atoms with Crippen LogP contribution in [-0.4, -0.2) is 11.2 Å². The van der Waals surface area contributed by atoms with Crippen molar-refractivity contribution in [3.63, 3.8) is 0 Å². The van der Waals surface area contributed by atoms with Gasteiger partial charge < -0.3 is 5.11 Å². The lowest BCUT2D eigenvalue weighted by molar-refractivity contribution is -0.127. The number of hydrogen-bond donors (Lipinski definition) is 1. The molecular formula is C20H34O. The smallest absolute Gasteiger partial charge is 0.0596 e. The summed E-state index contributed by atoms with van der Waals surface area (Å²) in [5, 5.41) is 10.5. The Morgan fingerprint density at radius 2 is 1.52 bits per heavy atom. The van der Waals surface area contributed by atoms with E-state index in [4.69, 9.17) is 0 Å². The van der Waals surface area contributed by atoms with Crippen LogP contribution in [0.4, 0.5) is 0 Å². The van der Waals surface area contributed by atoms with Crippen LogP contribution >= 0.6 is 0 Å².